The number of benzene rings is 1. The summed E-state index contributed by atoms with van der Waals surface area (Å²) in [6.45, 7) is 2.27. The molecule has 0 radical (unpaired) electrons. The summed E-state index contributed by atoms with van der Waals surface area (Å²) in [5.41, 5.74) is 0.542. The van der Waals surface area contributed by atoms with Gasteiger partial charge in [-0.1, -0.05) is 12.1 Å². The zero-order chi connectivity index (χ0) is 15.6. The molecule has 1 fully saturated rings. The number of halogens is 1. The van der Waals surface area contributed by atoms with Gasteiger partial charge in [0.25, 0.3) is 10.2 Å². The average molecular weight is 316 g/mol. The van der Waals surface area contributed by atoms with E-state index in [2.05, 4.69) is 5.32 Å². The normalized spacial score (nSPS) is 16.8. The third-order valence-corrected chi connectivity index (χ3v) is 4.40. The standard InChI is InChI=1S/C12H17FN4O3S/c1-9-3-2-4-10(11(9)13)15-12(18)16-5-7-17(8-6-16)21(14,19)20/h2-4H,5-8H2,1H3,(H,15,18)(H2,14,19,20). The molecule has 0 aromatic heterocycles. The van der Waals surface area contributed by atoms with Crippen LogP contribution in [0, 0.1) is 12.7 Å². The monoisotopic (exact) mass is 316 g/mol. The first-order chi connectivity index (χ1) is 9.79. The van der Waals surface area contributed by atoms with Gasteiger partial charge < -0.3 is 10.2 Å². The molecule has 1 aromatic carbocycles. The maximum absolute atomic E-state index is 13.8. The number of urea groups is 1. The Morgan fingerprint density at radius 2 is 1.90 bits per heavy atom. The fraction of sp³-hybridized carbons (Fsp3) is 0.417. The molecule has 7 nitrogen and oxygen atoms in total. The van der Waals surface area contributed by atoms with E-state index in [-0.39, 0.29) is 31.9 Å². The van der Waals surface area contributed by atoms with Gasteiger partial charge in [0.15, 0.2) is 0 Å². The Hall–Kier alpha value is -1.71. The number of anilines is 1. The highest BCUT2D eigenvalue weighted by molar-refractivity contribution is 7.86. The molecular formula is C12H17FN4O3S. The highest BCUT2D eigenvalue weighted by Gasteiger charge is 2.26. The lowest BCUT2D eigenvalue weighted by atomic mass is 10.2. The number of hydrogen-bond acceptors (Lipinski definition) is 3. The first kappa shape index (κ1) is 15.7. The van der Waals surface area contributed by atoms with Crippen molar-refractivity contribution in [3.8, 4) is 0 Å². The van der Waals surface area contributed by atoms with Crippen molar-refractivity contribution < 1.29 is 17.6 Å². The predicted octanol–water partition coefficient (Wildman–Crippen LogP) is 0.487. The van der Waals surface area contributed by atoms with Gasteiger partial charge in [0.1, 0.15) is 5.82 Å². The Kier molecular flexibility index (Phi) is 4.45. The molecule has 0 saturated carbocycles. The van der Waals surface area contributed by atoms with E-state index in [0.717, 1.165) is 4.31 Å². The Morgan fingerprint density at radius 3 is 2.48 bits per heavy atom. The lowest BCUT2D eigenvalue weighted by molar-refractivity contribution is 0.184. The van der Waals surface area contributed by atoms with Crippen LogP contribution in [0.1, 0.15) is 5.56 Å². The SMILES string of the molecule is Cc1cccc(NC(=O)N2CCN(S(N)(=O)=O)CC2)c1F. The van der Waals surface area contributed by atoms with Crippen molar-refractivity contribution in [1.29, 1.82) is 0 Å². The van der Waals surface area contributed by atoms with Gasteiger partial charge in [-0.2, -0.15) is 12.7 Å². The molecule has 3 N–H and O–H groups in total. The Bertz CT molecular complexity index is 642. The quantitative estimate of drug-likeness (QED) is 0.831. The molecule has 1 aliphatic heterocycles. The number of nitrogens with zero attached hydrogens (tertiary/aromatic N) is 2. The molecule has 0 atom stereocenters. The average Bonchev–Trinajstić information content (AvgIpc) is 2.43. The number of hydrogen-bond donors (Lipinski definition) is 2. The molecule has 1 aromatic rings. The van der Waals surface area contributed by atoms with E-state index < -0.39 is 22.1 Å². The lowest BCUT2D eigenvalue weighted by Gasteiger charge is -2.32. The topological polar surface area (TPSA) is 95.7 Å². The first-order valence-electron chi connectivity index (χ1n) is 6.38. The molecule has 0 unspecified atom stereocenters. The predicted molar refractivity (Wildman–Crippen MR) is 76.4 cm³/mol. The van der Waals surface area contributed by atoms with E-state index in [4.69, 9.17) is 5.14 Å². The van der Waals surface area contributed by atoms with Gasteiger partial charge in [-0.05, 0) is 18.6 Å². The minimum absolute atomic E-state index is 0.105. The van der Waals surface area contributed by atoms with Gasteiger partial charge in [-0.3, -0.25) is 0 Å². The maximum Gasteiger partial charge on any atom is 0.322 e. The van der Waals surface area contributed by atoms with E-state index in [1.165, 1.54) is 11.0 Å². The maximum atomic E-state index is 13.8. The van der Waals surface area contributed by atoms with Crippen molar-refractivity contribution in [2.24, 2.45) is 5.14 Å². The summed E-state index contributed by atoms with van der Waals surface area (Å²) in [6.07, 6.45) is 0. The van der Waals surface area contributed by atoms with Gasteiger partial charge >= 0.3 is 6.03 Å². The van der Waals surface area contributed by atoms with Gasteiger partial charge in [-0.25, -0.2) is 14.3 Å². The highest BCUT2D eigenvalue weighted by Crippen LogP contribution is 2.18. The number of nitrogens with one attached hydrogen (secondary N) is 1. The summed E-state index contributed by atoms with van der Waals surface area (Å²) in [5, 5.41) is 7.51. The second-order valence-electron chi connectivity index (χ2n) is 4.80. The molecule has 1 aliphatic rings. The smallest absolute Gasteiger partial charge is 0.322 e. The molecule has 2 rings (SSSR count). The van der Waals surface area contributed by atoms with Crippen LogP contribution in [0.15, 0.2) is 18.2 Å². The summed E-state index contributed by atoms with van der Waals surface area (Å²) < 4.78 is 37.3. The van der Waals surface area contributed by atoms with Crippen LogP contribution >= 0.6 is 0 Å². The number of piperazine rings is 1. The highest BCUT2D eigenvalue weighted by atomic mass is 32.2. The minimum atomic E-state index is -3.73. The molecule has 1 heterocycles. The van der Waals surface area contributed by atoms with E-state index in [1.54, 1.807) is 19.1 Å². The third-order valence-electron chi connectivity index (χ3n) is 3.32. The van der Waals surface area contributed by atoms with Crippen LogP contribution in [0.4, 0.5) is 14.9 Å². The van der Waals surface area contributed by atoms with E-state index >= 15 is 0 Å². The molecule has 9 heteroatoms. The van der Waals surface area contributed by atoms with Crippen molar-refractivity contribution in [3.05, 3.63) is 29.6 Å². The fourth-order valence-electron chi connectivity index (χ4n) is 2.08. The largest absolute Gasteiger partial charge is 0.322 e. The zero-order valence-corrected chi connectivity index (χ0v) is 12.4. The minimum Gasteiger partial charge on any atom is -0.322 e. The molecule has 2 amide bonds. The van der Waals surface area contributed by atoms with Gasteiger partial charge in [-0.15, -0.1) is 0 Å². The molecule has 0 spiro atoms. The van der Waals surface area contributed by atoms with E-state index in [0.29, 0.717) is 5.56 Å². The zero-order valence-electron chi connectivity index (χ0n) is 11.5. The number of aryl methyl sites for hydroxylation is 1. The number of carbonyl (C=O) groups is 1. The van der Waals surface area contributed by atoms with Crippen LogP contribution < -0.4 is 10.5 Å². The summed E-state index contributed by atoms with van der Waals surface area (Å²) in [5.74, 6) is -0.478. The van der Waals surface area contributed by atoms with Gasteiger partial charge in [0.2, 0.25) is 0 Å². The third kappa shape index (κ3) is 3.69. The van der Waals surface area contributed by atoms with E-state index in [9.17, 15) is 17.6 Å². The van der Waals surface area contributed by atoms with Gasteiger partial charge in [0.05, 0.1) is 5.69 Å². The molecule has 0 aliphatic carbocycles. The Morgan fingerprint density at radius 1 is 1.29 bits per heavy atom. The van der Waals surface area contributed by atoms with Crippen molar-refractivity contribution in [2.75, 3.05) is 31.5 Å². The molecule has 116 valence electrons. The van der Waals surface area contributed by atoms with Crippen LogP contribution in [0.3, 0.4) is 0 Å². The first-order valence-corrected chi connectivity index (χ1v) is 7.88. The number of carbonyl (C=O) groups excluding carboxylic acids is 1. The van der Waals surface area contributed by atoms with Gasteiger partial charge in [0, 0.05) is 26.2 Å². The Balaban J connectivity index is 1.98. The molecule has 0 bridgehead atoms. The fourth-order valence-corrected chi connectivity index (χ4v) is 2.76. The van der Waals surface area contributed by atoms with Crippen molar-refractivity contribution in [2.45, 2.75) is 6.92 Å². The summed E-state index contributed by atoms with van der Waals surface area (Å²) in [7, 11) is -3.73. The lowest BCUT2D eigenvalue weighted by Crippen LogP contribution is -2.53. The van der Waals surface area contributed by atoms with E-state index in [1.807, 2.05) is 0 Å². The van der Waals surface area contributed by atoms with Crippen LogP contribution in [-0.2, 0) is 10.2 Å². The number of rotatable bonds is 2. The summed E-state index contributed by atoms with van der Waals surface area (Å²) in [4.78, 5) is 13.5. The number of nitrogens with two attached hydrogens (primary N) is 1. The Labute approximate surface area is 122 Å². The van der Waals surface area contributed by atoms with Crippen LogP contribution in [-0.4, -0.2) is 49.8 Å². The molecule has 1 saturated heterocycles. The van der Waals surface area contributed by atoms with Crippen molar-refractivity contribution in [1.82, 2.24) is 9.21 Å². The van der Waals surface area contributed by atoms with Crippen molar-refractivity contribution >= 4 is 21.9 Å². The summed E-state index contributed by atoms with van der Waals surface area (Å²) in [6, 6.07) is 4.26. The second-order valence-corrected chi connectivity index (χ2v) is 6.34. The van der Waals surface area contributed by atoms with Crippen LogP contribution in [0.5, 0.6) is 0 Å². The second kappa shape index (κ2) is 5.96. The summed E-state index contributed by atoms with van der Waals surface area (Å²) >= 11 is 0. The van der Waals surface area contributed by atoms with Crippen LogP contribution in [0.2, 0.25) is 0 Å². The van der Waals surface area contributed by atoms with Crippen molar-refractivity contribution in [3.63, 3.8) is 0 Å². The molecular weight excluding hydrogens is 299 g/mol. The number of amides is 2. The molecule has 21 heavy (non-hydrogen) atoms. The van der Waals surface area contributed by atoms with Crippen LogP contribution in [0.25, 0.3) is 0 Å².